The summed E-state index contributed by atoms with van der Waals surface area (Å²) < 4.78 is 53.4. The number of nitrogens with zero attached hydrogens (tertiary/aromatic N) is 2. The number of hydrogen-bond acceptors (Lipinski definition) is 2. The van der Waals surface area contributed by atoms with Crippen LogP contribution in [0.2, 0.25) is 0 Å². The fourth-order valence-corrected chi connectivity index (χ4v) is 1.39. The number of aromatic nitrogens is 2. The predicted molar refractivity (Wildman–Crippen MR) is 52.0 cm³/mol. The fraction of sp³-hybridized carbons (Fsp3) is 0.100. The molecule has 0 saturated heterocycles. The Hall–Kier alpha value is -2.05. The predicted octanol–water partition coefficient (Wildman–Crippen LogP) is 2.07. The first kappa shape index (κ1) is 11.4. The first-order valence-corrected chi connectivity index (χ1v) is 4.60. The van der Waals surface area contributed by atoms with Crippen molar-refractivity contribution in [2.24, 2.45) is 0 Å². The normalized spacial score (nSPS) is 10.8. The van der Waals surface area contributed by atoms with Gasteiger partial charge in [-0.2, -0.15) is 5.10 Å². The molecule has 7 heteroatoms. The molecule has 0 atom stereocenters. The van der Waals surface area contributed by atoms with Crippen LogP contribution in [0.25, 0.3) is 0 Å². The van der Waals surface area contributed by atoms with Gasteiger partial charge in [0, 0.05) is 12.3 Å². The summed E-state index contributed by atoms with van der Waals surface area (Å²) in [5.74, 6) is -5.61. The van der Waals surface area contributed by atoms with Crippen molar-refractivity contribution in [3.05, 3.63) is 47.2 Å². The molecule has 3 nitrogen and oxygen atoms in total. The standard InChI is InChI=1S/C10H7F4N3/c11-6-3-7(12)10(14)5(9(6)13)4-17-2-1-8(15)16-17/h1-3H,4H2,(H2,15,16). The van der Waals surface area contributed by atoms with Gasteiger partial charge in [0.1, 0.15) is 5.82 Å². The minimum absolute atomic E-state index is 0.141. The third kappa shape index (κ3) is 2.08. The minimum atomic E-state index is -1.45. The molecule has 1 heterocycles. The molecule has 0 aliphatic carbocycles. The first-order chi connectivity index (χ1) is 7.99. The van der Waals surface area contributed by atoms with Crippen LogP contribution >= 0.6 is 0 Å². The van der Waals surface area contributed by atoms with Gasteiger partial charge < -0.3 is 5.73 Å². The van der Waals surface area contributed by atoms with Crippen LogP contribution in [-0.2, 0) is 6.54 Å². The van der Waals surface area contributed by atoms with Crippen molar-refractivity contribution in [1.82, 2.24) is 9.78 Å². The van der Waals surface area contributed by atoms with Crippen molar-refractivity contribution in [3.8, 4) is 0 Å². The topological polar surface area (TPSA) is 43.8 Å². The quantitative estimate of drug-likeness (QED) is 0.650. The second-order valence-electron chi connectivity index (χ2n) is 3.38. The zero-order valence-electron chi connectivity index (χ0n) is 8.42. The third-order valence-electron chi connectivity index (χ3n) is 2.18. The molecule has 0 spiro atoms. The van der Waals surface area contributed by atoms with Crippen molar-refractivity contribution < 1.29 is 17.6 Å². The van der Waals surface area contributed by atoms with Crippen molar-refractivity contribution in [1.29, 1.82) is 0 Å². The van der Waals surface area contributed by atoms with Crippen LogP contribution in [0.5, 0.6) is 0 Å². The number of nitrogen functional groups attached to an aromatic ring is 1. The van der Waals surface area contributed by atoms with Gasteiger partial charge in [-0.25, -0.2) is 17.6 Å². The van der Waals surface area contributed by atoms with Crippen molar-refractivity contribution in [2.45, 2.75) is 6.54 Å². The second-order valence-corrected chi connectivity index (χ2v) is 3.38. The van der Waals surface area contributed by atoms with E-state index in [-0.39, 0.29) is 11.9 Å². The average Bonchev–Trinajstić information content (AvgIpc) is 2.68. The maximum absolute atomic E-state index is 13.3. The molecule has 0 aliphatic rings. The van der Waals surface area contributed by atoms with E-state index in [0.29, 0.717) is 0 Å². The van der Waals surface area contributed by atoms with Crippen LogP contribution in [0.15, 0.2) is 18.3 Å². The van der Waals surface area contributed by atoms with E-state index in [1.165, 1.54) is 12.3 Å². The highest BCUT2D eigenvalue weighted by molar-refractivity contribution is 5.26. The van der Waals surface area contributed by atoms with Crippen molar-refractivity contribution in [3.63, 3.8) is 0 Å². The fourth-order valence-electron chi connectivity index (χ4n) is 1.39. The highest BCUT2D eigenvalue weighted by atomic mass is 19.2. The molecule has 0 radical (unpaired) electrons. The molecule has 0 aliphatic heterocycles. The van der Waals surface area contributed by atoms with Crippen LogP contribution in [0.3, 0.4) is 0 Å². The van der Waals surface area contributed by atoms with E-state index >= 15 is 0 Å². The molecular weight excluding hydrogens is 238 g/mol. The molecule has 17 heavy (non-hydrogen) atoms. The van der Waals surface area contributed by atoms with Gasteiger partial charge in [-0.05, 0) is 6.07 Å². The molecule has 1 aromatic carbocycles. The van der Waals surface area contributed by atoms with Gasteiger partial charge >= 0.3 is 0 Å². The second kappa shape index (κ2) is 4.08. The Morgan fingerprint density at radius 2 is 1.71 bits per heavy atom. The lowest BCUT2D eigenvalue weighted by atomic mass is 10.2. The molecular formula is C10H7F4N3. The first-order valence-electron chi connectivity index (χ1n) is 4.60. The van der Waals surface area contributed by atoms with Gasteiger partial charge in [-0.1, -0.05) is 0 Å². The van der Waals surface area contributed by atoms with Gasteiger partial charge in [-0.3, -0.25) is 4.68 Å². The van der Waals surface area contributed by atoms with E-state index in [1.54, 1.807) is 0 Å². The van der Waals surface area contributed by atoms with E-state index < -0.39 is 35.4 Å². The Kier molecular flexibility index (Phi) is 2.74. The Morgan fingerprint density at radius 3 is 2.18 bits per heavy atom. The third-order valence-corrected chi connectivity index (χ3v) is 2.18. The Balaban J connectivity index is 2.45. The molecule has 0 fully saturated rings. The van der Waals surface area contributed by atoms with Crippen LogP contribution in [0, 0.1) is 23.3 Å². The van der Waals surface area contributed by atoms with Gasteiger partial charge in [-0.15, -0.1) is 0 Å². The molecule has 0 amide bonds. The van der Waals surface area contributed by atoms with E-state index in [9.17, 15) is 17.6 Å². The summed E-state index contributed by atoms with van der Waals surface area (Å²) in [7, 11) is 0. The van der Waals surface area contributed by atoms with Crippen molar-refractivity contribution in [2.75, 3.05) is 5.73 Å². The highest BCUT2D eigenvalue weighted by Gasteiger charge is 2.19. The summed E-state index contributed by atoms with van der Waals surface area (Å²) in [5.41, 5.74) is 4.57. The number of halogens is 4. The lowest BCUT2D eigenvalue weighted by molar-refractivity contribution is 0.431. The maximum Gasteiger partial charge on any atom is 0.167 e. The molecule has 0 bridgehead atoms. The van der Waals surface area contributed by atoms with E-state index in [2.05, 4.69) is 5.10 Å². The Morgan fingerprint density at radius 1 is 1.12 bits per heavy atom. The van der Waals surface area contributed by atoms with E-state index in [0.717, 1.165) is 4.68 Å². The number of benzene rings is 1. The van der Waals surface area contributed by atoms with Crippen molar-refractivity contribution >= 4 is 5.82 Å². The van der Waals surface area contributed by atoms with Gasteiger partial charge in [0.05, 0.1) is 12.1 Å². The molecule has 0 unspecified atom stereocenters. The number of nitrogens with two attached hydrogens (primary N) is 1. The molecule has 2 rings (SSSR count). The molecule has 0 saturated carbocycles. The van der Waals surface area contributed by atoms with E-state index in [4.69, 9.17) is 5.73 Å². The van der Waals surface area contributed by atoms with Crippen LogP contribution < -0.4 is 5.73 Å². The monoisotopic (exact) mass is 245 g/mol. The van der Waals surface area contributed by atoms with Crippen LogP contribution in [0.1, 0.15) is 5.56 Å². The zero-order chi connectivity index (χ0) is 12.6. The SMILES string of the molecule is Nc1ccn(Cc2c(F)c(F)cc(F)c2F)n1. The largest absolute Gasteiger partial charge is 0.382 e. The summed E-state index contributed by atoms with van der Waals surface area (Å²) in [5, 5.41) is 3.66. The van der Waals surface area contributed by atoms with Gasteiger partial charge in [0.2, 0.25) is 0 Å². The van der Waals surface area contributed by atoms with Crippen LogP contribution in [0.4, 0.5) is 23.4 Å². The molecule has 2 N–H and O–H groups in total. The lowest BCUT2D eigenvalue weighted by Gasteiger charge is -2.06. The summed E-state index contributed by atoms with van der Waals surface area (Å²) in [4.78, 5) is 0. The van der Waals surface area contributed by atoms with E-state index in [1.807, 2.05) is 0 Å². The number of anilines is 1. The summed E-state index contributed by atoms with van der Waals surface area (Å²) in [6.45, 7) is -0.441. The Labute approximate surface area is 93.5 Å². The van der Waals surface area contributed by atoms with Gasteiger partial charge in [0.25, 0.3) is 0 Å². The number of hydrogen-bond donors (Lipinski definition) is 1. The Bertz CT molecular complexity index is 539. The lowest BCUT2D eigenvalue weighted by Crippen LogP contribution is -2.09. The number of rotatable bonds is 2. The highest BCUT2D eigenvalue weighted by Crippen LogP contribution is 2.20. The molecule has 1 aromatic heterocycles. The average molecular weight is 245 g/mol. The smallest absolute Gasteiger partial charge is 0.167 e. The minimum Gasteiger partial charge on any atom is -0.382 e. The summed E-state index contributed by atoms with van der Waals surface area (Å²) in [6, 6.07) is 1.55. The summed E-state index contributed by atoms with van der Waals surface area (Å²) in [6.07, 6.45) is 1.34. The van der Waals surface area contributed by atoms with Crippen LogP contribution in [-0.4, -0.2) is 9.78 Å². The molecule has 2 aromatic rings. The summed E-state index contributed by atoms with van der Waals surface area (Å²) >= 11 is 0. The zero-order valence-corrected chi connectivity index (χ0v) is 8.42. The van der Waals surface area contributed by atoms with Gasteiger partial charge in [0.15, 0.2) is 23.3 Å². The maximum atomic E-state index is 13.3. The molecule has 90 valence electrons.